The van der Waals surface area contributed by atoms with Crippen LogP contribution in [0.2, 0.25) is 0 Å². The van der Waals surface area contributed by atoms with Gasteiger partial charge in [0, 0.05) is 32.9 Å². The molecule has 22 heavy (non-hydrogen) atoms. The van der Waals surface area contributed by atoms with Gasteiger partial charge in [-0.25, -0.2) is 0 Å². The molecule has 0 spiro atoms. The minimum atomic E-state index is 0.128. The highest BCUT2D eigenvalue weighted by atomic mass is 16.5. The van der Waals surface area contributed by atoms with E-state index < -0.39 is 0 Å². The molecule has 3 rings (SSSR count). The maximum Gasteiger partial charge on any atom is 0.0768 e. The predicted octanol–water partition coefficient (Wildman–Crippen LogP) is 1.20. The molecule has 6 heteroatoms. The van der Waals surface area contributed by atoms with Gasteiger partial charge in [-0.15, -0.1) is 0 Å². The molecule has 0 amide bonds. The fraction of sp³-hybridized carbons (Fsp3) is 0.500. The summed E-state index contributed by atoms with van der Waals surface area (Å²) in [6, 6.07) is 8.31. The number of nitrogens with zero attached hydrogens (tertiary/aromatic N) is 4. The van der Waals surface area contributed by atoms with Gasteiger partial charge >= 0.3 is 0 Å². The summed E-state index contributed by atoms with van der Waals surface area (Å²) in [4.78, 5) is 6.71. The Kier molecular flexibility index (Phi) is 4.82. The Morgan fingerprint density at radius 2 is 2.36 bits per heavy atom. The third-order valence-electron chi connectivity index (χ3n) is 4.02. The summed E-state index contributed by atoms with van der Waals surface area (Å²) in [5, 5.41) is 8.07. The van der Waals surface area contributed by atoms with Crippen LogP contribution in [0.15, 0.2) is 30.5 Å². The molecule has 1 N–H and O–H groups in total. The van der Waals surface area contributed by atoms with Crippen LogP contribution in [0.5, 0.6) is 0 Å². The van der Waals surface area contributed by atoms with Crippen molar-refractivity contribution >= 4 is 0 Å². The van der Waals surface area contributed by atoms with E-state index in [2.05, 4.69) is 33.0 Å². The monoisotopic (exact) mass is 301 g/mol. The number of rotatable bonds is 6. The lowest BCUT2D eigenvalue weighted by Crippen LogP contribution is -2.29. The van der Waals surface area contributed by atoms with Crippen molar-refractivity contribution in [2.24, 2.45) is 0 Å². The normalized spacial score (nSPS) is 15.8. The number of ether oxygens (including phenoxy) is 1. The third kappa shape index (κ3) is 3.35. The smallest absolute Gasteiger partial charge is 0.0768 e. The number of hydrogen-bond donors (Lipinski definition) is 1. The first kappa shape index (κ1) is 15.1. The average Bonchev–Trinajstić information content (AvgIpc) is 2.95. The Hall–Kier alpha value is -1.76. The van der Waals surface area contributed by atoms with Crippen LogP contribution in [0, 0.1) is 0 Å². The van der Waals surface area contributed by atoms with Crippen molar-refractivity contribution in [2.75, 3.05) is 27.3 Å². The Labute approximate surface area is 131 Å². The summed E-state index contributed by atoms with van der Waals surface area (Å²) in [6.07, 6.45) is 1.83. The lowest BCUT2D eigenvalue weighted by molar-refractivity contribution is 0.0991. The summed E-state index contributed by atoms with van der Waals surface area (Å²) in [7, 11) is 3.82. The van der Waals surface area contributed by atoms with Gasteiger partial charge in [-0.05, 0) is 25.2 Å². The zero-order chi connectivity index (χ0) is 15.4. The molecule has 0 bridgehead atoms. The van der Waals surface area contributed by atoms with Gasteiger partial charge in [-0.2, -0.15) is 5.10 Å². The number of pyridine rings is 1. The highest BCUT2D eigenvalue weighted by Gasteiger charge is 2.20. The van der Waals surface area contributed by atoms with Crippen molar-refractivity contribution in [1.29, 1.82) is 0 Å². The number of methoxy groups -OCH3 is 1. The Morgan fingerprint density at radius 1 is 1.45 bits per heavy atom. The van der Waals surface area contributed by atoms with Crippen LogP contribution in [0.3, 0.4) is 0 Å². The molecular formula is C16H23N5O. The molecule has 0 radical (unpaired) electrons. The van der Waals surface area contributed by atoms with Gasteiger partial charge in [0.25, 0.3) is 0 Å². The number of fused-ring (bicyclic) bond motifs is 1. The van der Waals surface area contributed by atoms with E-state index in [0.717, 1.165) is 37.6 Å². The van der Waals surface area contributed by atoms with E-state index in [-0.39, 0.29) is 6.04 Å². The lowest BCUT2D eigenvalue weighted by Gasteiger charge is -2.26. The minimum absolute atomic E-state index is 0.128. The van der Waals surface area contributed by atoms with Gasteiger partial charge in [0.1, 0.15) is 0 Å². The van der Waals surface area contributed by atoms with Crippen LogP contribution in [0.25, 0.3) is 0 Å². The van der Waals surface area contributed by atoms with Crippen LogP contribution < -0.4 is 5.32 Å². The van der Waals surface area contributed by atoms with E-state index in [1.54, 1.807) is 7.11 Å². The summed E-state index contributed by atoms with van der Waals surface area (Å²) in [5.74, 6) is 0. The average molecular weight is 301 g/mol. The zero-order valence-corrected chi connectivity index (χ0v) is 13.2. The van der Waals surface area contributed by atoms with Gasteiger partial charge < -0.3 is 10.1 Å². The minimum Gasteiger partial charge on any atom is -0.383 e. The molecule has 0 fully saturated rings. The molecule has 2 aromatic rings. The summed E-state index contributed by atoms with van der Waals surface area (Å²) in [6.45, 7) is 4.23. The molecule has 2 aromatic heterocycles. The Morgan fingerprint density at radius 3 is 3.09 bits per heavy atom. The van der Waals surface area contributed by atoms with Crippen molar-refractivity contribution in [3.63, 3.8) is 0 Å². The molecule has 0 saturated heterocycles. The first-order chi connectivity index (χ1) is 10.8. The maximum atomic E-state index is 5.38. The number of likely N-dealkylation sites (N-methyl/N-ethyl adjacent to an activating group) is 1. The van der Waals surface area contributed by atoms with Crippen molar-refractivity contribution in [2.45, 2.75) is 25.7 Å². The second-order valence-corrected chi connectivity index (χ2v) is 5.67. The molecule has 0 aliphatic carbocycles. The van der Waals surface area contributed by atoms with E-state index in [9.17, 15) is 0 Å². The Balaban J connectivity index is 1.73. The molecule has 118 valence electrons. The molecule has 6 nitrogen and oxygen atoms in total. The van der Waals surface area contributed by atoms with Crippen LogP contribution in [0.1, 0.15) is 23.1 Å². The SMILES string of the molecule is COCC(c1ccccn1)N(C)Cc1cc2n(n1)CCNC2. The van der Waals surface area contributed by atoms with Gasteiger partial charge in [-0.3, -0.25) is 14.6 Å². The highest BCUT2D eigenvalue weighted by Crippen LogP contribution is 2.20. The van der Waals surface area contributed by atoms with Gasteiger partial charge in [0.15, 0.2) is 0 Å². The molecule has 1 aliphatic heterocycles. The van der Waals surface area contributed by atoms with Crippen molar-refractivity contribution in [3.05, 3.63) is 47.5 Å². The van der Waals surface area contributed by atoms with Crippen LogP contribution in [-0.4, -0.2) is 47.0 Å². The quantitative estimate of drug-likeness (QED) is 0.869. The van der Waals surface area contributed by atoms with Crippen LogP contribution in [0.4, 0.5) is 0 Å². The fourth-order valence-electron chi connectivity index (χ4n) is 2.86. The second kappa shape index (κ2) is 7.00. The number of hydrogen-bond acceptors (Lipinski definition) is 5. The first-order valence-corrected chi connectivity index (χ1v) is 7.64. The summed E-state index contributed by atoms with van der Waals surface area (Å²) < 4.78 is 7.48. The topological polar surface area (TPSA) is 55.2 Å². The molecule has 1 unspecified atom stereocenters. The molecule has 0 aromatic carbocycles. The molecule has 1 atom stereocenters. The van der Waals surface area contributed by atoms with E-state index in [1.165, 1.54) is 5.69 Å². The zero-order valence-electron chi connectivity index (χ0n) is 13.2. The largest absolute Gasteiger partial charge is 0.383 e. The third-order valence-corrected chi connectivity index (χ3v) is 4.02. The van der Waals surface area contributed by atoms with E-state index in [1.807, 2.05) is 24.4 Å². The van der Waals surface area contributed by atoms with E-state index in [0.29, 0.717) is 6.61 Å². The van der Waals surface area contributed by atoms with Crippen LogP contribution >= 0.6 is 0 Å². The second-order valence-electron chi connectivity index (χ2n) is 5.67. The molecule has 3 heterocycles. The number of nitrogens with one attached hydrogen (secondary N) is 1. The maximum absolute atomic E-state index is 5.38. The Bertz CT molecular complexity index is 574. The molecule has 1 aliphatic rings. The summed E-state index contributed by atoms with van der Waals surface area (Å²) >= 11 is 0. The fourth-order valence-corrected chi connectivity index (χ4v) is 2.86. The first-order valence-electron chi connectivity index (χ1n) is 7.64. The van der Waals surface area contributed by atoms with E-state index in [4.69, 9.17) is 9.84 Å². The summed E-state index contributed by atoms with van der Waals surface area (Å²) in [5.41, 5.74) is 3.38. The van der Waals surface area contributed by atoms with Gasteiger partial charge in [-0.1, -0.05) is 6.07 Å². The number of aromatic nitrogens is 3. The van der Waals surface area contributed by atoms with Crippen LogP contribution in [-0.2, 0) is 24.4 Å². The predicted molar refractivity (Wildman–Crippen MR) is 84.3 cm³/mol. The van der Waals surface area contributed by atoms with E-state index >= 15 is 0 Å². The van der Waals surface area contributed by atoms with Gasteiger partial charge in [0.2, 0.25) is 0 Å². The standard InChI is InChI=1S/C16H23N5O/c1-20(16(12-22-2)15-5-3-4-6-18-15)11-13-9-14-10-17-7-8-21(14)19-13/h3-6,9,16-17H,7-8,10-12H2,1-2H3. The molecular weight excluding hydrogens is 278 g/mol. The highest BCUT2D eigenvalue weighted by molar-refractivity contribution is 5.13. The van der Waals surface area contributed by atoms with Crippen molar-refractivity contribution < 1.29 is 4.74 Å². The lowest BCUT2D eigenvalue weighted by atomic mass is 10.1. The van der Waals surface area contributed by atoms with Crippen molar-refractivity contribution in [1.82, 2.24) is 25.0 Å². The molecule has 0 saturated carbocycles. The van der Waals surface area contributed by atoms with Crippen molar-refractivity contribution in [3.8, 4) is 0 Å². The van der Waals surface area contributed by atoms with Gasteiger partial charge in [0.05, 0.1) is 36.3 Å².